The average molecular weight is 199 g/mol. The van der Waals surface area contributed by atoms with Gasteiger partial charge in [0.2, 0.25) is 0 Å². The first kappa shape index (κ1) is 9.77. The molecule has 14 heavy (non-hydrogen) atoms. The van der Waals surface area contributed by atoms with Crippen molar-refractivity contribution in [3.63, 3.8) is 0 Å². The van der Waals surface area contributed by atoms with Gasteiger partial charge in [-0.3, -0.25) is 4.89 Å². The van der Waals surface area contributed by atoms with E-state index in [1.807, 2.05) is 0 Å². The summed E-state index contributed by atoms with van der Waals surface area (Å²) in [5.41, 5.74) is 0.340. The van der Waals surface area contributed by atoms with E-state index in [9.17, 15) is 4.79 Å². The summed E-state index contributed by atoms with van der Waals surface area (Å²) in [5.74, 6) is 0. The molecular formula is C10H17NO3. The van der Waals surface area contributed by atoms with E-state index in [0.717, 1.165) is 19.5 Å². The molecule has 0 bridgehead atoms. The maximum absolute atomic E-state index is 11.2. The Morgan fingerprint density at radius 1 is 1.21 bits per heavy atom. The lowest BCUT2D eigenvalue weighted by Crippen LogP contribution is -2.44. The molecule has 0 aromatic carbocycles. The van der Waals surface area contributed by atoms with Gasteiger partial charge in [-0.05, 0) is 31.1 Å². The predicted molar refractivity (Wildman–Crippen MR) is 50.8 cm³/mol. The quantitative estimate of drug-likeness (QED) is 0.481. The normalized spacial score (nSPS) is 25.4. The highest BCUT2D eigenvalue weighted by Crippen LogP contribution is 2.44. The second-order valence-electron chi connectivity index (χ2n) is 4.59. The van der Waals surface area contributed by atoms with Crippen LogP contribution in [0.3, 0.4) is 0 Å². The molecular weight excluding hydrogens is 182 g/mol. The van der Waals surface area contributed by atoms with Crippen LogP contribution in [0.4, 0.5) is 4.79 Å². The minimum Gasteiger partial charge on any atom is -0.305 e. The molecule has 1 aliphatic carbocycles. The highest BCUT2D eigenvalue weighted by molar-refractivity contribution is 5.67. The Bertz CT molecular complexity index is 223. The van der Waals surface area contributed by atoms with E-state index in [1.165, 1.54) is 32.1 Å². The van der Waals surface area contributed by atoms with E-state index in [0.29, 0.717) is 5.41 Å². The Balaban J connectivity index is 1.99. The number of likely N-dealkylation sites (tertiary alicyclic amines) is 1. The standard InChI is InChI=1S/C10H17NO3/c12-9(14-13)11-7-3-6-10(8-11)4-1-2-5-10/h13H,1-8H2. The van der Waals surface area contributed by atoms with Gasteiger partial charge in [-0.2, -0.15) is 5.26 Å². The Morgan fingerprint density at radius 2 is 1.86 bits per heavy atom. The summed E-state index contributed by atoms with van der Waals surface area (Å²) in [6.45, 7) is 1.49. The highest BCUT2D eigenvalue weighted by Gasteiger charge is 2.39. The minimum absolute atomic E-state index is 0.340. The van der Waals surface area contributed by atoms with Crippen LogP contribution in [0.5, 0.6) is 0 Å². The lowest BCUT2D eigenvalue weighted by atomic mass is 9.78. The maximum Gasteiger partial charge on any atom is 0.441 e. The van der Waals surface area contributed by atoms with E-state index in [2.05, 4.69) is 4.89 Å². The second-order valence-corrected chi connectivity index (χ2v) is 4.59. The Morgan fingerprint density at radius 3 is 2.50 bits per heavy atom. The van der Waals surface area contributed by atoms with Crippen molar-refractivity contribution in [2.75, 3.05) is 13.1 Å². The highest BCUT2D eigenvalue weighted by atomic mass is 17.1. The van der Waals surface area contributed by atoms with Gasteiger partial charge in [-0.15, -0.1) is 0 Å². The molecule has 1 amide bonds. The zero-order valence-corrected chi connectivity index (χ0v) is 8.37. The molecule has 1 heterocycles. The van der Waals surface area contributed by atoms with E-state index in [1.54, 1.807) is 4.90 Å². The van der Waals surface area contributed by atoms with E-state index >= 15 is 0 Å². The van der Waals surface area contributed by atoms with Crippen molar-refractivity contribution in [3.05, 3.63) is 0 Å². The molecule has 1 aliphatic heterocycles. The zero-order valence-electron chi connectivity index (χ0n) is 8.37. The monoisotopic (exact) mass is 199 g/mol. The Labute approximate surface area is 83.8 Å². The third-order valence-corrected chi connectivity index (χ3v) is 3.66. The van der Waals surface area contributed by atoms with Crippen LogP contribution in [0.25, 0.3) is 0 Å². The summed E-state index contributed by atoms with van der Waals surface area (Å²) in [4.78, 5) is 16.6. The molecule has 80 valence electrons. The lowest BCUT2D eigenvalue weighted by Gasteiger charge is -2.39. The van der Waals surface area contributed by atoms with Crippen molar-refractivity contribution < 1.29 is 14.9 Å². The van der Waals surface area contributed by atoms with Gasteiger partial charge in [0, 0.05) is 13.1 Å². The van der Waals surface area contributed by atoms with Crippen molar-refractivity contribution in [2.45, 2.75) is 38.5 Å². The van der Waals surface area contributed by atoms with E-state index in [-0.39, 0.29) is 0 Å². The fraction of sp³-hybridized carbons (Fsp3) is 0.900. The van der Waals surface area contributed by atoms with Gasteiger partial charge < -0.3 is 4.90 Å². The number of hydrogen-bond donors (Lipinski definition) is 1. The summed E-state index contributed by atoms with van der Waals surface area (Å²) in [7, 11) is 0. The fourth-order valence-corrected chi connectivity index (χ4v) is 2.95. The van der Waals surface area contributed by atoms with Gasteiger partial charge in [0.25, 0.3) is 0 Å². The molecule has 4 heteroatoms. The van der Waals surface area contributed by atoms with Gasteiger partial charge in [-0.25, -0.2) is 4.79 Å². The van der Waals surface area contributed by atoms with Crippen LogP contribution in [0, 0.1) is 5.41 Å². The third kappa shape index (κ3) is 1.71. The number of nitrogens with zero attached hydrogens (tertiary/aromatic N) is 1. The number of carbonyl (C=O) groups excluding carboxylic acids is 1. The first-order valence-corrected chi connectivity index (χ1v) is 5.36. The van der Waals surface area contributed by atoms with Gasteiger partial charge in [0.1, 0.15) is 0 Å². The van der Waals surface area contributed by atoms with Crippen LogP contribution in [-0.4, -0.2) is 29.3 Å². The molecule has 2 fully saturated rings. The Hall–Kier alpha value is -0.770. The number of rotatable bonds is 0. The average Bonchev–Trinajstić information content (AvgIpc) is 2.65. The Kier molecular flexibility index (Phi) is 2.63. The van der Waals surface area contributed by atoms with Gasteiger partial charge >= 0.3 is 6.09 Å². The molecule has 0 atom stereocenters. The summed E-state index contributed by atoms with van der Waals surface area (Å²) >= 11 is 0. The van der Waals surface area contributed by atoms with Crippen molar-refractivity contribution in [3.8, 4) is 0 Å². The van der Waals surface area contributed by atoms with Crippen molar-refractivity contribution in [2.24, 2.45) is 5.41 Å². The number of hydrogen-bond acceptors (Lipinski definition) is 3. The summed E-state index contributed by atoms with van der Waals surface area (Å²) < 4.78 is 0. The number of amides is 1. The fourth-order valence-electron chi connectivity index (χ4n) is 2.95. The van der Waals surface area contributed by atoms with Crippen molar-refractivity contribution in [1.29, 1.82) is 0 Å². The molecule has 1 saturated heterocycles. The molecule has 0 unspecified atom stereocenters. The SMILES string of the molecule is O=C(OO)N1CCCC2(CCCC2)C1. The van der Waals surface area contributed by atoms with Gasteiger partial charge in [0.05, 0.1) is 0 Å². The van der Waals surface area contributed by atoms with Crippen LogP contribution >= 0.6 is 0 Å². The first-order chi connectivity index (χ1) is 6.76. The minimum atomic E-state index is -0.587. The summed E-state index contributed by atoms with van der Waals surface area (Å²) in [6.07, 6.45) is 6.68. The van der Waals surface area contributed by atoms with Crippen molar-refractivity contribution >= 4 is 6.09 Å². The predicted octanol–water partition coefficient (Wildman–Crippen LogP) is 2.25. The molecule has 0 aromatic heterocycles. The number of piperidine rings is 1. The van der Waals surface area contributed by atoms with Crippen LogP contribution < -0.4 is 0 Å². The molecule has 1 saturated carbocycles. The second kappa shape index (κ2) is 3.77. The molecule has 2 rings (SSSR count). The lowest BCUT2D eigenvalue weighted by molar-refractivity contribution is -0.190. The van der Waals surface area contributed by atoms with E-state index in [4.69, 9.17) is 5.26 Å². The molecule has 0 radical (unpaired) electrons. The molecule has 4 nitrogen and oxygen atoms in total. The summed E-state index contributed by atoms with van der Waals surface area (Å²) in [6, 6.07) is 0. The van der Waals surface area contributed by atoms with E-state index < -0.39 is 6.09 Å². The molecule has 0 aromatic rings. The third-order valence-electron chi connectivity index (χ3n) is 3.66. The molecule has 1 N–H and O–H groups in total. The zero-order chi connectivity index (χ0) is 10.0. The maximum atomic E-state index is 11.2. The van der Waals surface area contributed by atoms with Gasteiger partial charge in [-0.1, -0.05) is 12.8 Å². The van der Waals surface area contributed by atoms with Gasteiger partial charge in [0.15, 0.2) is 0 Å². The van der Waals surface area contributed by atoms with Crippen molar-refractivity contribution in [1.82, 2.24) is 4.90 Å². The first-order valence-electron chi connectivity index (χ1n) is 5.36. The largest absolute Gasteiger partial charge is 0.441 e. The molecule has 2 aliphatic rings. The van der Waals surface area contributed by atoms with Crippen LogP contribution in [0.1, 0.15) is 38.5 Å². The summed E-state index contributed by atoms with van der Waals surface area (Å²) in [5, 5.41) is 8.33. The smallest absolute Gasteiger partial charge is 0.305 e. The molecule has 1 spiro atoms. The van der Waals surface area contributed by atoms with Crippen LogP contribution in [0.15, 0.2) is 0 Å². The van der Waals surface area contributed by atoms with Crippen LogP contribution in [-0.2, 0) is 4.89 Å². The van der Waals surface area contributed by atoms with Crippen LogP contribution in [0.2, 0.25) is 0 Å². The topological polar surface area (TPSA) is 49.8 Å². The number of carbonyl (C=O) groups is 1.